The highest BCUT2D eigenvalue weighted by molar-refractivity contribution is 15.0. The zero-order chi connectivity index (χ0) is 10.6. The molecular formula is C8H19I2NO. The Kier molecular flexibility index (Phi) is 7.89. The second kappa shape index (κ2) is 5.98. The molecule has 0 aliphatic carbocycles. The van der Waals surface area contributed by atoms with Gasteiger partial charge in [-0.3, -0.25) is 0 Å². The summed E-state index contributed by atoms with van der Waals surface area (Å²) in [6.45, 7) is 11.9. The van der Waals surface area contributed by atoms with Crippen LogP contribution in [0.2, 0.25) is 0 Å². The summed E-state index contributed by atoms with van der Waals surface area (Å²) < 4.78 is 0. The first-order chi connectivity index (χ1) is 5.15. The Labute approximate surface area is 99.4 Å². The van der Waals surface area contributed by atoms with E-state index >= 15 is 0 Å². The van der Waals surface area contributed by atoms with E-state index in [1.807, 2.05) is 41.5 Å². The molecular weight excluding hydrogens is 380 g/mol. The fraction of sp³-hybridized carbons (Fsp3) is 1.00. The number of hydroxylamine groups is 2. The van der Waals surface area contributed by atoms with E-state index in [1.165, 1.54) is 5.06 Å². The van der Waals surface area contributed by atoms with Crippen LogP contribution in [0.4, 0.5) is 0 Å². The first-order valence-corrected chi connectivity index (χ1v) is 10.1. The molecule has 0 aromatic rings. The molecule has 2 nitrogen and oxygen atoms in total. The lowest BCUT2D eigenvalue weighted by atomic mass is 10.0. The third kappa shape index (κ3) is 6.85. The van der Waals surface area contributed by atoms with E-state index in [9.17, 15) is 5.21 Å². The number of halogens is 2. The molecule has 0 saturated carbocycles. The molecule has 12 heavy (non-hydrogen) atoms. The molecule has 0 fully saturated rings. The smallest absolute Gasteiger partial charge is 0.0382 e. The summed E-state index contributed by atoms with van der Waals surface area (Å²) >= 11 is 4.24. The summed E-state index contributed by atoms with van der Waals surface area (Å²) in [4.78, 5) is 0. The van der Waals surface area contributed by atoms with E-state index in [1.54, 1.807) is 0 Å². The van der Waals surface area contributed by atoms with Gasteiger partial charge >= 0.3 is 0 Å². The molecule has 1 N–H and O–H groups in total. The first-order valence-electron chi connectivity index (χ1n) is 3.79. The molecule has 0 aromatic heterocycles. The minimum absolute atomic E-state index is 0.168. The molecule has 0 spiro atoms. The van der Waals surface area contributed by atoms with Crippen molar-refractivity contribution in [2.75, 3.05) is 0 Å². The number of hydrogen-bond donors (Lipinski definition) is 1. The van der Waals surface area contributed by atoms with Crippen LogP contribution in [0.1, 0.15) is 41.5 Å². The van der Waals surface area contributed by atoms with Gasteiger partial charge in [-0.2, -0.15) is 5.06 Å². The fourth-order valence-corrected chi connectivity index (χ4v) is 1.01. The van der Waals surface area contributed by atoms with Crippen molar-refractivity contribution in [1.29, 1.82) is 0 Å². The molecule has 0 aliphatic rings. The van der Waals surface area contributed by atoms with E-state index in [4.69, 9.17) is 0 Å². The average molecular weight is 399 g/mol. The maximum atomic E-state index is 9.56. The van der Waals surface area contributed by atoms with Crippen molar-refractivity contribution in [3.63, 3.8) is 0 Å². The van der Waals surface area contributed by atoms with Gasteiger partial charge in [0.25, 0.3) is 0 Å². The van der Waals surface area contributed by atoms with Crippen LogP contribution >= 0.6 is 37.2 Å². The van der Waals surface area contributed by atoms with Crippen LogP contribution in [0.15, 0.2) is 0 Å². The van der Waals surface area contributed by atoms with Gasteiger partial charge in [0, 0.05) is 48.3 Å². The molecule has 4 heteroatoms. The normalized spacial score (nSPS) is 12.5. The van der Waals surface area contributed by atoms with Crippen molar-refractivity contribution in [3.8, 4) is 0 Å². The van der Waals surface area contributed by atoms with Gasteiger partial charge < -0.3 is 5.21 Å². The SMILES string of the molecule is CC(C)(C)N(O)C(C)(C)C.II. The minimum atomic E-state index is -0.168. The molecule has 0 saturated heterocycles. The van der Waals surface area contributed by atoms with Gasteiger partial charge in [0.1, 0.15) is 0 Å². The Bertz CT molecular complexity index is 101. The van der Waals surface area contributed by atoms with Gasteiger partial charge in [-0.05, 0) is 41.5 Å². The Balaban J connectivity index is 0. The van der Waals surface area contributed by atoms with Crippen LogP contribution in [-0.2, 0) is 0 Å². The molecule has 0 unspecified atom stereocenters. The minimum Gasteiger partial charge on any atom is -0.313 e. The number of rotatable bonds is 0. The molecule has 0 amide bonds. The predicted molar refractivity (Wildman–Crippen MR) is 71.2 cm³/mol. The van der Waals surface area contributed by atoms with Gasteiger partial charge in [-0.15, -0.1) is 0 Å². The zero-order valence-electron chi connectivity index (χ0n) is 8.65. The monoisotopic (exact) mass is 399 g/mol. The fourth-order valence-electron chi connectivity index (χ4n) is 1.01. The average Bonchev–Trinajstić information content (AvgIpc) is 1.87. The van der Waals surface area contributed by atoms with Crippen LogP contribution in [0.5, 0.6) is 0 Å². The molecule has 0 bridgehead atoms. The Morgan fingerprint density at radius 2 is 1.00 bits per heavy atom. The van der Waals surface area contributed by atoms with E-state index in [0.717, 1.165) is 0 Å². The van der Waals surface area contributed by atoms with E-state index in [-0.39, 0.29) is 11.1 Å². The van der Waals surface area contributed by atoms with Gasteiger partial charge in [-0.1, -0.05) is 0 Å². The second-order valence-electron chi connectivity index (χ2n) is 4.65. The summed E-state index contributed by atoms with van der Waals surface area (Å²) in [5, 5.41) is 10.9. The quantitative estimate of drug-likeness (QED) is 0.491. The van der Waals surface area contributed by atoms with E-state index < -0.39 is 0 Å². The highest BCUT2D eigenvalue weighted by Gasteiger charge is 2.29. The van der Waals surface area contributed by atoms with Crippen molar-refractivity contribution in [2.24, 2.45) is 0 Å². The van der Waals surface area contributed by atoms with Crippen LogP contribution in [-0.4, -0.2) is 21.3 Å². The van der Waals surface area contributed by atoms with Crippen molar-refractivity contribution >= 4 is 37.2 Å². The molecule has 0 aliphatic heterocycles. The van der Waals surface area contributed by atoms with E-state index in [0.29, 0.717) is 0 Å². The summed E-state index contributed by atoms with van der Waals surface area (Å²) in [7, 11) is 0. The molecule has 0 atom stereocenters. The summed E-state index contributed by atoms with van der Waals surface area (Å²) in [5.74, 6) is 0. The summed E-state index contributed by atoms with van der Waals surface area (Å²) in [6.07, 6.45) is 0. The molecule has 0 heterocycles. The van der Waals surface area contributed by atoms with Crippen LogP contribution in [0.3, 0.4) is 0 Å². The first kappa shape index (κ1) is 15.8. The maximum Gasteiger partial charge on any atom is 0.0382 e. The van der Waals surface area contributed by atoms with Crippen LogP contribution in [0.25, 0.3) is 0 Å². The molecule has 0 aromatic carbocycles. The highest BCUT2D eigenvalue weighted by Crippen LogP contribution is 2.20. The van der Waals surface area contributed by atoms with Crippen molar-refractivity contribution in [2.45, 2.75) is 52.6 Å². The second-order valence-corrected chi connectivity index (χ2v) is 4.65. The lowest BCUT2D eigenvalue weighted by Gasteiger charge is -2.39. The molecule has 0 radical (unpaired) electrons. The summed E-state index contributed by atoms with van der Waals surface area (Å²) in [6, 6.07) is 0. The van der Waals surface area contributed by atoms with Gasteiger partial charge in [0.15, 0.2) is 0 Å². The number of nitrogens with zero attached hydrogens (tertiary/aromatic N) is 1. The topological polar surface area (TPSA) is 23.5 Å². The maximum absolute atomic E-state index is 9.56. The Morgan fingerprint density at radius 3 is 1.00 bits per heavy atom. The lowest BCUT2D eigenvalue weighted by Crippen LogP contribution is -2.50. The molecule has 0 rings (SSSR count). The highest BCUT2D eigenvalue weighted by atomic mass is 128. The predicted octanol–water partition coefficient (Wildman–Crippen LogP) is 4.05. The van der Waals surface area contributed by atoms with Crippen LogP contribution < -0.4 is 0 Å². The van der Waals surface area contributed by atoms with Crippen molar-refractivity contribution in [1.82, 2.24) is 5.06 Å². The number of hydrogen-bond acceptors (Lipinski definition) is 2. The third-order valence-electron chi connectivity index (χ3n) is 1.27. The summed E-state index contributed by atoms with van der Waals surface area (Å²) in [5.41, 5.74) is -0.337. The standard InChI is InChI=1S/C8H19NO.I2/c1-7(2,3)9(10)8(4,5)6;1-2/h10H,1-6H3;. The van der Waals surface area contributed by atoms with Crippen molar-refractivity contribution in [3.05, 3.63) is 0 Å². The third-order valence-corrected chi connectivity index (χ3v) is 1.27. The van der Waals surface area contributed by atoms with Crippen molar-refractivity contribution < 1.29 is 5.21 Å². The van der Waals surface area contributed by atoms with E-state index in [2.05, 4.69) is 37.2 Å². The van der Waals surface area contributed by atoms with Crippen LogP contribution in [0, 0.1) is 0 Å². The Morgan fingerprint density at radius 1 is 0.833 bits per heavy atom. The largest absolute Gasteiger partial charge is 0.313 e. The van der Waals surface area contributed by atoms with Gasteiger partial charge in [0.05, 0.1) is 0 Å². The Hall–Kier alpha value is 1.38. The lowest BCUT2D eigenvalue weighted by molar-refractivity contribution is -0.212. The zero-order valence-corrected chi connectivity index (χ0v) is 13.0. The van der Waals surface area contributed by atoms with Gasteiger partial charge in [-0.25, -0.2) is 0 Å². The molecule has 76 valence electrons. The van der Waals surface area contributed by atoms with Gasteiger partial charge in [0.2, 0.25) is 0 Å².